The molecule has 0 saturated heterocycles. The molecule has 0 spiro atoms. The molecule has 0 unspecified atom stereocenters. The minimum atomic E-state index is -0.473. The van der Waals surface area contributed by atoms with Crippen LogP contribution in [-0.2, 0) is 4.74 Å². The van der Waals surface area contributed by atoms with Gasteiger partial charge in [0.05, 0.1) is 0 Å². The Hall–Kier alpha value is -3.14. The van der Waals surface area contributed by atoms with Gasteiger partial charge in [-0.15, -0.1) is 0 Å². The number of ketones is 1. The number of nitrogens with one attached hydrogen (secondary N) is 1. The van der Waals surface area contributed by atoms with Crippen molar-refractivity contribution in [1.29, 1.82) is 0 Å². The number of fused-ring (bicyclic) bond motifs is 3. The second-order valence-electron chi connectivity index (χ2n) is 5.82. The lowest BCUT2D eigenvalue weighted by Crippen LogP contribution is -2.11. The molecule has 4 rings (SSSR count). The molecule has 0 atom stereocenters. The Labute approximate surface area is 139 Å². The first-order chi connectivity index (χ1) is 11.6. The minimum absolute atomic E-state index is 0.0955. The van der Waals surface area contributed by atoms with Crippen molar-refractivity contribution in [3.63, 3.8) is 0 Å². The summed E-state index contributed by atoms with van der Waals surface area (Å²) in [6, 6.07) is 17.4. The second-order valence-corrected chi connectivity index (χ2v) is 5.82. The third-order valence-electron chi connectivity index (χ3n) is 4.31. The van der Waals surface area contributed by atoms with Crippen LogP contribution in [0.5, 0.6) is 0 Å². The fourth-order valence-corrected chi connectivity index (χ4v) is 3.12. The molecule has 4 heteroatoms. The number of carbonyl (C=O) groups excluding carboxylic acids is 2. The summed E-state index contributed by atoms with van der Waals surface area (Å²) >= 11 is 0. The molecule has 4 nitrogen and oxygen atoms in total. The molecule has 0 saturated carbocycles. The molecule has 1 heterocycles. The van der Waals surface area contributed by atoms with Crippen LogP contribution in [0.15, 0.2) is 60.8 Å². The fraction of sp³-hybridized carbons (Fsp3) is 0.100. The average molecular weight is 317 g/mol. The van der Waals surface area contributed by atoms with Gasteiger partial charge in [0.1, 0.15) is 5.69 Å². The van der Waals surface area contributed by atoms with Crippen molar-refractivity contribution in [1.82, 2.24) is 4.98 Å². The summed E-state index contributed by atoms with van der Waals surface area (Å²) in [5.74, 6) is -0.569. The third kappa shape index (κ3) is 2.24. The van der Waals surface area contributed by atoms with E-state index in [0.29, 0.717) is 5.56 Å². The average Bonchev–Trinajstić information content (AvgIpc) is 3.20. The Bertz CT molecular complexity index is 909. The van der Waals surface area contributed by atoms with Crippen LogP contribution >= 0.6 is 0 Å². The van der Waals surface area contributed by atoms with Crippen molar-refractivity contribution in [2.45, 2.75) is 13.0 Å². The summed E-state index contributed by atoms with van der Waals surface area (Å²) in [5, 5.41) is 0. The van der Waals surface area contributed by atoms with E-state index in [1.165, 1.54) is 19.2 Å². The van der Waals surface area contributed by atoms with E-state index in [1.54, 1.807) is 0 Å². The minimum Gasteiger partial charge on any atom is -0.448 e. The van der Waals surface area contributed by atoms with Gasteiger partial charge in [0.25, 0.3) is 0 Å². The summed E-state index contributed by atoms with van der Waals surface area (Å²) in [6.45, 7) is 1.46. The van der Waals surface area contributed by atoms with E-state index in [-0.39, 0.29) is 11.5 Å². The molecule has 0 bridgehead atoms. The van der Waals surface area contributed by atoms with E-state index in [9.17, 15) is 9.59 Å². The summed E-state index contributed by atoms with van der Waals surface area (Å²) in [5.41, 5.74) is 4.87. The van der Waals surface area contributed by atoms with Gasteiger partial charge in [-0.1, -0.05) is 48.5 Å². The Balaban J connectivity index is 1.69. The van der Waals surface area contributed by atoms with E-state index in [4.69, 9.17) is 4.74 Å². The molecule has 0 amide bonds. The maximum absolute atomic E-state index is 12.5. The normalized spacial score (nSPS) is 12.5. The van der Waals surface area contributed by atoms with Crippen LogP contribution in [0, 0.1) is 0 Å². The predicted molar refractivity (Wildman–Crippen MR) is 89.9 cm³/mol. The lowest BCUT2D eigenvalue weighted by Gasteiger charge is -2.14. The number of rotatable bonds is 3. The molecule has 0 aliphatic heterocycles. The number of H-pyrrole nitrogens is 1. The van der Waals surface area contributed by atoms with Gasteiger partial charge in [0.2, 0.25) is 0 Å². The van der Waals surface area contributed by atoms with E-state index in [2.05, 4.69) is 4.98 Å². The number of ether oxygens (including phenoxy) is 1. The molecule has 1 N–H and O–H groups in total. The van der Waals surface area contributed by atoms with Crippen LogP contribution in [0.4, 0.5) is 0 Å². The highest BCUT2D eigenvalue weighted by Gasteiger charge is 2.31. The number of hydrogen-bond donors (Lipinski definition) is 1. The predicted octanol–water partition coefficient (Wildman–Crippen LogP) is 4.14. The maximum atomic E-state index is 12.5. The Morgan fingerprint density at radius 1 is 0.958 bits per heavy atom. The summed E-state index contributed by atoms with van der Waals surface area (Å²) in [7, 11) is 0. The van der Waals surface area contributed by atoms with Crippen LogP contribution < -0.4 is 0 Å². The van der Waals surface area contributed by atoms with E-state index in [0.717, 1.165) is 22.3 Å². The van der Waals surface area contributed by atoms with Crippen LogP contribution in [0.2, 0.25) is 0 Å². The zero-order valence-electron chi connectivity index (χ0n) is 13.1. The third-order valence-corrected chi connectivity index (χ3v) is 4.31. The van der Waals surface area contributed by atoms with Crippen molar-refractivity contribution in [3.8, 4) is 11.1 Å². The van der Waals surface area contributed by atoms with Gasteiger partial charge in [-0.25, -0.2) is 4.79 Å². The molecular weight excluding hydrogens is 302 g/mol. The lowest BCUT2D eigenvalue weighted by molar-refractivity contribution is 0.0379. The molecule has 118 valence electrons. The van der Waals surface area contributed by atoms with Crippen LogP contribution in [0.25, 0.3) is 11.1 Å². The molecule has 0 fully saturated rings. The summed E-state index contributed by atoms with van der Waals surface area (Å²) in [6.07, 6.45) is 1.09. The summed E-state index contributed by atoms with van der Waals surface area (Å²) in [4.78, 5) is 26.7. The topological polar surface area (TPSA) is 59.2 Å². The van der Waals surface area contributed by atoms with Gasteiger partial charge in [0, 0.05) is 22.9 Å². The Kier molecular flexibility index (Phi) is 3.31. The van der Waals surface area contributed by atoms with E-state index < -0.39 is 12.1 Å². The van der Waals surface area contributed by atoms with Crippen molar-refractivity contribution in [2.24, 2.45) is 0 Å². The monoisotopic (exact) mass is 317 g/mol. The maximum Gasteiger partial charge on any atom is 0.355 e. The molecule has 1 aliphatic carbocycles. The van der Waals surface area contributed by atoms with Crippen molar-refractivity contribution < 1.29 is 14.3 Å². The Morgan fingerprint density at radius 2 is 1.54 bits per heavy atom. The highest BCUT2D eigenvalue weighted by Crippen LogP contribution is 2.45. The van der Waals surface area contributed by atoms with Gasteiger partial charge in [-0.05, 0) is 24.1 Å². The van der Waals surface area contributed by atoms with Crippen LogP contribution in [-0.4, -0.2) is 16.7 Å². The smallest absolute Gasteiger partial charge is 0.355 e. The van der Waals surface area contributed by atoms with Gasteiger partial charge >= 0.3 is 5.97 Å². The molecule has 3 aromatic rings. The number of hydrogen-bond acceptors (Lipinski definition) is 3. The number of carbonyl (C=O) groups is 2. The number of Topliss-reactive ketones (excluding diaryl/α,β-unsaturated/α-hetero) is 1. The first-order valence-electron chi connectivity index (χ1n) is 7.73. The standard InChI is InChI=1S/C20H15NO3/c1-12(22)13-10-18(21-11-13)20(23)24-19-16-8-4-2-6-14(16)15-7-3-5-9-17(15)19/h2-11,19,21H,1H3. The van der Waals surface area contributed by atoms with Gasteiger partial charge in [-0.2, -0.15) is 0 Å². The van der Waals surface area contributed by atoms with Gasteiger partial charge < -0.3 is 9.72 Å². The molecule has 24 heavy (non-hydrogen) atoms. The molecule has 0 radical (unpaired) electrons. The van der Waals surface area contributed by atoms with Crippen molar-refractivity contribution in [2.75, 3.05) is 0 Å². The zero-order chi connectivity index (χ0) is 16.7. The lowest BCUT2D eigenvalue weighted by atomic mass is 10.1. The molecule has 1 aromatic heterocycles. The quantitative estimate of drug-likeness (QED) is 0.583. The molecular formula is C20H15NO3. The van der Waals surface area contributed by atoms with E-state index >= 15 is 0 Å². The van der Waals surface area contributed by atoms with Gasteiger partial charge in [-0.3, -0.25) is 4.79 Å². The molecule has 1 aliphatic rings. The van der Waals surface area contributed by atoms with E-state index in [1.807, 2.05) is 48.5 Å². The van der Waals surface area contributed by atoms with Crippen LogP contribution in [0.3, 0.4) is 0 Å². The number of esters is 1. The largest absolute Gasteiger partial charge is 0.448 e. The summed E-state index contributed by atoms with van der Waals surface area (Å²) < 4.78 is 5.76. The second kappa shape index (κ2) is 5.49. The molecule has 2 aromatic carbocycles. The fourth-order valence-electron chi connectivity index (χ4n) is 3.12. The van der Waals surface area contributed by atoms with Crippen LogP contribution in [0.1, 0.15) is 45.0 Å². The first-order valence-corrected chi connectivity index (χ1v) is 7.73. The zero-order valence-corrected chi connectivity index (χ0v) is 13.1. The number of aromatic amines is 1. The highest BCUT2D eigenvalue weighted by atomic mass is 16.5. The van der Waals surface area contributed by atoms with Crippen molar-refractivity contribution >= 4 is 11.8 Å². The number of benzene rings is 2. The van der Waals surface area contributed by atoms with Gasteiger partial charge in [0.15, 0.2) is 11.9 Å². The highest BCUT2D eigenvalue weighted by molar-refractivity contribution is 5.97. The first kappa shape index (κ1) is 14.5. The van der Waals surface area contributed by atoms with Crippen molar-refractivity contribution in [3.05, 3.63) is 83.2 Å². The number of aromatic nitrogens is 1. The SMILES string of the molecule is CC(=O)c1c[nH]c(C(=O)OC2c3ccccc3-c3ccccc32)c1. The Morgan fingerprint density at radius 3 is 2.08 bits per heavy atom.